The van der Waals surface area contributed by atoms with Crippen LogP contribution in [0.25, 0.3) is 0 Å². The van der Waals surface area contributed by atoms with E-state index in [1.165, 1.54) is 42.5 Å². The maximum absolute atomic E-state index is 13.0. The molecule has 0 aliphatic rings. The van der Waals surface area contributed by atoms with Crippen molar-refractivity contribution in [2.24, 2.45) is 0 Å². The third-order valence-electron chi connectivity index (χ3n) is 3.10. The molecule has 0 N–H and O–H groups in total. The second kappa shape index (κ2) is 7.35. The van der Waals surface area contributed by atoms with Gasteiger partial charge in [-0.1, -0.05) is 24.3 Å². The van der Waals surface area contributed by atoms with Crippen molar-refractivity contribution in [3.8, 4) is 0 Å². The van der Waals surface area contributed by atoms with Gasteiger partial charge in [-0.2, -0.15) is 0 Å². The van der Waals surface area contributed by atoms with E-state index in [1.807, 2.05) is 0 Å². The second-order valence-corrected chi connectivity index (χ2v) is 7.42. The number of sulfone groups is 1. The molecule has 0 heterocycles. The Kier molecular flexibility index (Phi) is 5.46. The summed E-state index contributed by atoms with van der Waals surface area (Å²) in [6, 6.07) is 11.0. The number of ketones is 1. The van der Waals surface area contributed by atoms with E-state index in [4.69, 9.17) is 4.74 Å². The van der Waals surface area contributed by atoms with Crippen LogP contribution in [0.4, 0.5) is 4.39 Å². The van der Waals surface area contributed by atoms with E-state index in [0.717, 1.165) is 12.3 Å². The van der Waals surface area contributed by atoms with Gasteiger partial charge in [0.1, 0.15) is 5.82 Å². The van der Waals surface area contributed by atoms with Gasteiger partial charge in [0, 0.05) is 11.8 Å². The number of benzene rings is 2. The van der Waals surface area contributed by atoms with Crippen LogP contribution in [-0.4, -0.2) is 33.0 Å². The van der Waals surface area contributed by atoms with Gasteiger partial charge in [0.25, 0.3) is 0 Å². The highest BCUT2D eigenvalue weighted by Gasteiger charge is 2.13. The zero-order chi connectivity index (χ0) is 17.7. The smallest absolute Gasteiger partial charge is 0.338 e. The Bertz CT molecular complexity index is 857. The van der Waals surface area contributed by atoms with Crippen LogP contribution in [-0.2, 0) is 20.3 Å². The first-order chi connectivity index (χ1) is 11.2. The van der Waals surface area contributed by atoms with Crippen LogP contribution in [0.2, 0.25) is 0 Å². The Labute approximate surface area is 139 Å². The average Bonchev–Trinajstić information content (AvgIpc) is 2.51. The molecule has 0 atom stereocenters. The van der Waals surface area contributed by atoms with Crippen molar-refractivity contribution >= 4 is 21.6 Å². The number of rotatable bonds is 6. The summed E-state index contributed by atoms with van der Waals surface area (Å²) in [5.74, 6) is -1.91. The molecule has 2 rings (SSSR count). The van der Waals surface area contributed by atoms with Crippen molar-refractivity contribution in [1.82, 2.24) is 0 Å². The molecule has 2 aromatic carbocycles. The average molecular weight is 350 g/mol. The normalized spacial score (nSPS) is 11.1. The fourth-order valence-corrected chi connectivity index (χ4v) is 2.80. The largest absolute Gasteiger partial charge is 0.454 e. The first-order valence-corrected chi connectivity index (χ1v) is 9.03. The Hall–Kier alpha value is -2.54. The molecule has 0 saturated carbocycles. The van der Waals surface area contributed by atoms with Gasteiger partial charge in [-0.25, -0.2) is 17.6 Å². The number of carbonyl (C=O) groups excluding carboxylic acids is 2. The van der Waals surface area contributed by atoms with Gasteiger partial charge in [0.2, 0.25) is 0 Å². The Morgan fingerprint density at radius 1 is 1.04 bits per heavy atom. The molecule has 0 fully saturated rings. The number of carbonyl (C=O) groups is 2. The molecule has 0 amide bonds. The highest BCUT2D eigenvalue weighted by Crippen LogP contribution is 2.10. The van der Waals surface area contributed by atoms with E-state index in [1.54, 1.807) is 0 Å². The SMILES string of the molecule is CS(=O)(=O)Cc1ccc(C(=O)OCC(=O)c2cccc(F)c2)cc1. The van der Waals surface area contributed by atoms with Gasteiger partial charge in [0.05, 0.1) is 11.3 Å². The maximum Gasteiger partial charge on any atom is 0.338 e. The molecule has 7 heteroatoms. The molecular weight excluding hydrogens is 335 g/mol. The molecule has 24 heavy (non-hydrogen) atoms. The molecule has 0 saturated heterocycles. The lowest BCUT2D eigenvalue weighted by atomic mass is 10.1. The number of halogens is 1. The molecule has 0 unspecified atom stereocenters. The maximum atomic E-state index is 13.0. The molecule has 0 spiro atoms. The van der Waals surface area contributed by atoms with Gasteiger partial charge in [-0.05, 0) is 29.8 Å². The molecule has 0 bridgehead atoms. The molecule has 0 aliphatic carbocycles. The van der Waals surface area contributed by atoms with Gasteiger partial charge >= 0.3 is 5.97 Å². The summed E-state index contributed by atoms with van der Waals surface area (Å²) in [7, 11) is -3.16. The summed E-state index contributed by atoms with van der Waals surface area (Å²) in [5, 5.41) is 0. The third kappa shape index (κ3) is 5.27. The van der Waals surface area contributed by atoms with Gasteiger partial charge < -0.3 is 4.74 Å². The van der Waals surface area contributed by atoms with Crippen LogP contribution in [0.15, 0.2) is 48.5 Å². The van der Waals surface area contributed by atoms with E-state index in [0.29, 0.717) is 5.56 Å². The van der Waals surface area contributed by atoms with E-state index in [-0.39, 0.29) is 16.9 Å². The van der Waals surface area contributed by atoms with Crippen LogP contribution in [0, 0.1) is 5.82 Å². The number of ether oxygens (including phenoxy) is 1. The van der Waals surface area contributed by atoms with Gasteiger partial charge in [-0.3, -0.25) is 4.79 Å². The topological polar surface area (TPSA) is 77.5 Å². The predicted octanol–water partition coefficient (Wildman–Crippen LogP) is 2.41. The zero-order valence-electron chi connectivity index (χ0n) is 12.9. The monoisotopic (exact) mass is 350 g/mol. The molecule has 2 aromatic rings. The first-order valence-electron chi connectivity index (χ1n) is 6.97. The minimum absolute atomic E-state index is 0.117. The van der Waals surface area contributed by atoms with Gasteiger partial charge in [-0.15, -0.1) is 0 Å². The van der Waals surface area contributed by atoms with E-state index in [2.05, 4.69) is 0 Å². The quantitative estimate of drug-likeness (QED) is 0.591. The molecule has 126 valence electrons. The van der Waals surface area contributed by atoms with Crippen LogP contribution in [0.3, 0.4) is 0 Å². The van der Waals surface area contributed by atoms with Gasteiger partial charge in [0.15, 0.2) is 22.2 Å². The summed E-state index contributed by atoms with van der Waals surface area (Å²) < 4.78 is 40.3. The van der Waals surface area contributed by atoms with Crippen LogP contribution in [0.5, 0.6) is 0 Å². The summed E-state index contributed by atoms with van der Waals surface area (Å²) in [4.78, 5) is 23.7. The van der Waals surface area contributed by atoms with Crippen molar-refractivity contribution in [2.45, 2.75) is 5.75 Å². The summed E-state index contributed by atoms with van der Waals surface area (Å²) in [6.07, 6.45) is 1.12. The van der Waals surface area contributed by atoms with Crippen LogP contribution >= 0.6 is 0 Å². The van der Waals surface area contributed by atoms with E-state index < -0.39 is 34.0 Å². The number of hydrogen-bond acceptors (Lipinski definition) is 5. The molecular formula is C17H15FO5S. The number of hydrogen-bond donors (Lipinski definition) is 0. The lowest BCUT2D eigenvalue weighted by molar-refractivity contribution is 0.0474. The Balaban J connectivity index is 1.96. The van der Waals surface area contributed by atoms with Crippen molar-refractivity contribution < 1.29 is 27.1 Å². The first kappa shape index (κ1) is 17.8. The van der Waals surface area contributed by atoms with Crippen LogP contribution < -0.4 is 0 Å². The Morgan fingerprint density at radius 3 is 2.29 bits per heavy atom. The van der Waals surface area contributed by atoms with E-state index in [9.17, 15) is 22.4 Å². The Morgan fingerprint density at radius 2 is 1.71 bits per heavy atom. The lowest BCUT2D eigenvalue weighted by Crippen LogP contribution is -2.14. The fraction of sp³-hybridized carbons (Fsp3) is 0.176. The minimum atomic E-state index is -3.16. The minimum Gasteiger partial charge on any atom is -0.454 e. The van der Waals surface area contributed by atoms with Crippen LogP contribution in [0.1, 0.15) is 26.3 Å². The lowest BCUT2D eigenvalue weighted by Gasteiger charge is -2.05. The number of esters is 1. The van der Waals surface area contributed by atoms with Crippen molar-refractivity contribution in [1.29, 1.82) is 0 Å². The second-order valence-electron chi connectivity index (χ2n) is 5.28. The highest BCUT2D eigenvalue weighted by molar-refractivity contribution is 7.89. The fourth-order valence-electron chi connectivity index (χ4n) is 2.00. The zero-order valence-corrected chi connectivity index (χ0v) is 13.7. The molecule has 0 radical (unpaired) electrons. The van der Waals surface area contributed by atoms with Crippen molar-refractivity contribution in [3.05, 3.63) is 71.0 Å². The predicted molar refractivity (Wildman–Crippen MR) is 86.0 cm³/mol. The molecule has 5 nitrogen and oxygen atoms in total. The van der Waals surface area contributed by atoms with Crippen molar-refractivity contribution in [3.63, 3.8) is 0 Å². The summed E-state index contributed by atoms with van der Waals surface area (Å²) in [6.45, 7) is -0.507. The molecule has 0 aliphatic heterocycles. The summed E-state index contributed by atoms with van der Waals surface area (Å²) >= 11 is 0. The number of Topliss-reactive ketones (excluding diaryl/α,β-unsaturated/α-hetero) is 1. The molecule has 0 aromatic heterocycles. The summed E-state index contributed by atoms with van der Waals surface area (Å²) in [5.41, 5.74) is 0.857. The van der Waals surface area contributed by atoms with E-state index >= 15 is 0 Å². The third-order valence-corrected chi connectivity index (χ3v) is 3.96. The highest BCUT2D eigenvalue weighted by atomic mass is 32.2. The standard InChI is InChI=1S/C17H15FO5S/c1-24(21,22)11-12-5-7-13(8-6-12)17(20)23-10-16(19)14-3-2-4-15(18)9-14/h2-9H,10-11H2,1H3. The van der Waals surface area contributed by atoms with Crippen molar-refractivity contribution in [2.75, 3.05) is 12.9 Å².